The zero-order valence-electron chi connectivity index (χ0n) is 25.7. The molecule has 1 unspecified atom stereocenters. The Morgan fingerprint density at radius 3 is 2.12 bits per heavy atom. The number of carbonyl (C=O) groups excluding carboxylic acids is 3. The highest BCUT2D eigenvalue weighted by Crippen LogP contribution is 2.37. The molecule has 0 aliphatic carbocycles. The van der Waals surface area contributed by atoms with Gasteiger partial charge in [0.2, 0.25) is 5.91 Å². The van der Waals surface area contributed by atoms with Gasteiger partial charge in [0, 0.05) is 34.0 Å². The number of carbonyl (C=O) groups is 3. The van der Waals surface area contributed by atoms with Crippen LogP contribution in [0.2, 0.25) is 0 Å². The van der Waals surface area contributed by atoms with Crippen LogP contribution in [0, 0.1) is 10.1 Å². The van der Waals surface area contributed by atoms with E-state index in [4.69, 9.17) is 4.74 Å². The first-order valence-corrected chi connectivity index (χ1v) is 15.6. The molecule has 48 heavy (non-hydrogen) atoms. The third kappa shape index (κ3) is 8.74. The van der Waals surface area contributed by atoms with Gasteiger partial charge in [-0.3, -0.25) is 24.5 Å². The summed E-state index contributed by atoms with van der Waals surface area (Å²) >= 11 is 1.34. The first kappa shape index (κ1) is 33.2. The highest BCUT2D eigenvalue weighted by molar-refractivity contribution is 8.00. The number of amides is 3. The first-order chi connectivity index (χ1) is 23.3. The molecule has 240 valence electrons. The van der Waals surface area contributed by atoms with E-state index in [1.807, 2.05) is 30.3 Å². The van der Waals surface area contributed by atoms with E-state index in [1.165, 1.54) is 36.0 Å². The van der Waals surface area contributed by atoms with Crippen LogP contribution in [0.4, 0.5) is 17.1 Å². The number of thioether (sulfide) groups is 1. The molecule has 0 bridgehead atoms. The smallest absolute Gasteiger partial charge is 0.276 e. The van der Waals surface area contributed by atoms with Crippen LogP contribution in [0.25, 0.3) is 6.08 Å². The van der Waals surface area contributed by atoms with Gasteiger partial charge < -0.3 is 20.7 Å². The number of methoxy groups -OCH3 is 1. The second-order valence-electron chi connectivity index (χ2n) is 10.3. The molecular weight excluding hydrogens is 628 g/mol. The summed E-state index contributed by atoms with van der Waals surface area (Å²) in [6.07, 6.45) is 1.27. The number of benzene rings is 5. The molecule has 0 radical (unpaired) electrons. The van der Waals surface area contributed by atoms with E-state index in [9.17, 15) is 24.5 Å². The Bertz CT molecular complexity index is 1950. The molecule has 1 atom stereocenters. The van der Waals surface area contributed by atoms with Gasteiger partial charge in [-0.1, -0.05) is 66.7 Å². The lowest BCUT2D eigenvalue weighted by Crippen LogP contribution is -2.30. The third-order valence-electron chi connectivity index (χ3n) is 7.01. The van der Waals surface area contributed by atoms with Crippen LogP contribution in [0.1, 0.15) is 26.7 Å². The van der Waals surface area contributed by atoms with E-state index in [2.05, 4.69) is 16.0 Å². The molecule has 0 heterocycles. The van der Waals surface area contributed by atoms with Crippen LogP contribution in [0.15, 0.2) is 144 Å². The lowest BCUT2D eigenvalue weighted by molar-refractivity contribution is -0.385. The lowest BCUT2D eigenvalue weighted by atomic mass is 10.1. The number of nitro groups is 1. The first-order valence-electron chi connectivity index (χ1n) is 14.7. The molecule has 0 aliphatic rings. The zero-order chi connectivity index (χ0) is 33.9. The van der Waals surface area contributed by atoms with Gasteiger partial charge in [-0.2, -0.15) is 0 Å². The zero-order valence-corrected chi connectivity index (χ0v) is 26.5. The fraction of sp³-hybridized carbons (Fsp3) is 0.0541. The summed E-state index contributed by atoms with van der Waals surface area (Å²) in [5.74, 6) is -0.844. The maximum Gasteiger partial charge on any atom is 0.276 e. The molecule has 0 aliphatic heterocycles. The largest absolute Gasteiger partial charge is 0.497 e. The molecule has 3 amide bonds. The third-order valence-corrected chi connectivity index (χ3v) is 8.27. The molecule has 0 fully saturated rings. The van der Waals surface area contributed by atoms with Gasteiger partial charge in [0.15, 0.2) is 0 Å². The van der Waals surface area contributed by atoms with Crippen LogP contribution < -0.4 is 20.7 Å². The van der Waals surface area contributed by atoms with Crippen molar-refractivity contribution in [2.24, 2.45) is 0 Å². The number of nitrogens with one attached hydrogen (secondary N) is 3. The summed E-state index contributed by atoms with van der Waals surface area (Å²) < 4.78 is 5.28. The fourth-order valence-electron chi connectivity index (χ4n) is 4.63. The Labute approximate surface area is 281 Å². The maximum atomic E-state index is 13.5. The maximum absolute atomic E-state index is 13.5. The summed E-state index contributed by atoms with van der Waals surface area (Å²) in [6, 6.07) is 37.6. The van der Waals surface area contributed by atoms with E-state index in [0.29, 0.717) is 22.7 Å². The van der Waals surface area contributed by atoms with Crippen molar-refractivity contribution in [3.05, 3.63) is 166 Å². The number of hydrogen-bond acceptors (Lipinski definition) is 7. The second kappa shape index (κ2) is 15.9. The molecule has 0 saturated heterocycles. The Balaban J connectivity index is 1.35. The lowest BCUT2D eigenvalue weighted by Gasteiger charge is -2.18. The molecule has 5 rings (SSSR count). The van der Waals surface area contributed by atoms with E-state index in [-0.39, 0.29) is 22.9 Å². The average Bonchev–Trinajstić information content (AvgIpc) is 3.11. The molecule has 0 aromatic heterocycles. The van der Waals surface area contributed by atoms with Gasteiger partial charge in [-0.25, -0.2) is 0 Å². The van der Waals surface area contributed by atoms with Crippen LogP contribution in [-0.2, 0) is 9.59 Å². The number of para-hydroxylation sites is 1. The molecule has 0 saturated carbocycles. The van der Waals surface area contributed by atoms with Gasteiger partial charge in [0.05, 0.1) is 17.6 Å². The molecular formula is C37H30N4O6S. The van der Waals surface area contributed by atoms with Crippen LogP contribution >= 0.6 is 11.8 Å². The van der Waals surface area contributed by atoms with Crippen molar-refractivity contribution in [2.75, 3.05) is 17.7 Å². The predicted octanol–water partition coefficient (Wildman–Crippen LogP) is 7.49. The van der Waals surface area contributed by atoms with Crippen molar-refractivity contribution in [3.8, 4) is 5.75 Å². The minimum absolute atomic E-state index is 0.145. The minimum Gasteiger partial charge on any atom is -0.497 e. The summed E-state index contributed by atoms with van der Waals surface area (Å²) in [7, 11) is 1.56. The van der Waals surface area contributed by atoms with Crippen molar-refractivity contribution in [1.29, 1.82) is 0 Å². The Morgan fingerprint density at radius 2 is 1.44 bits per heavy atom. The summed E-state index contributed by atoms with van der Waals surface area (Å²) in [5.41, 5.74) is 1.86. The normalized spacial score (nSPS) is 11.6. The van der Waals surface area contributed by atoms with Crippen molar-refractivity contribution in [3.63, 3.8) is 0 Å². The quantitative estimate of drug-likeness (QED) is 0.0546. The van der Waals surface area contributed by atoms with Crippen molar-refractivity contribution < 1.29 is 24.0 Å². The van der Waals surface area contributed by atoms with E-state index < -0.39 is 22.0 Å². The molecule has 10 nitrogen and oxygen atoms in total. The topological polar surface area (TPSA) is 140 Å². The minimum atomic E-state index is -0.683. The summed E-state index contributed by atoms with van der Waals surface area (Å²) in [6.45, 7) is 0. The molecule has 3 N–H and O–H groups in total. The van der Waals surface area contributed by atoms with E-state index in [1.54, 1.807) is 92.0 Å². The molecule has 11 heteroatoms. The number of rotatable bonds is 12. The Hall–Kier alpha value is -6.20. The highest BCUT2D eigenvalue weighted by atomic mass is 32.2. The van der Waals surface area contributed by atoms with Gasteiger partial charge in [0.1, 0.15) is 16.7 Å². The van der Waals surface area contributed by atoms with E-state index in [0.717, 1.165) is 10.5 Å². The highest BCUT2D eigenvalue weighted by Gasteiger charge is 2.23. The second-order valence-corrected chi connectivity index (χ2v) is 11.5. The van der Waals surface area contributed by atoms with E-state index >= 15 is 0 Å². The van der Waals surface area contributed by atoms with Crippen molar-refractivity contribution in [2.45, 2.75) is 10.1 Å². The Morgan fingerprint density at radius 1 is 0.771 bits per heavy atom. The molecule has 5 aromatic rings. The van der Waals surface area contributed by atoms with Gasteiger partial charge in [-0.05, 0) is 66.2 Å². The van der Waals surface area contributed by atoms with Gasteiger partial charge in [0.25, 0.3) is 17.5 Å². The van der Waals surface area contributed by atoms with Crippen LogP contribution in [0.5, 0.6) is 5.75 Å². The van der Waals surface area contributed by atoms with Gasteiger partial charge >= 0.3 is 0 Å². The van der Waals surface area contributed by atoms with Crippen molar-refractivity contribution >= 4 is 52.6 Å². The summed E-state index contributed by atoms with van der Waals surface area (Å²) in [5, 5.41) is 19.3. The molecule has 0 spiro atoms. The number of ether oxygens (including phenoxy) is 1. The Kier molecular flexibility index (Phi) is 11.0. The predicted molar refractivity (Wildman–Crippen MR) is 187 cm³/mol. The average molecular weight is 659 g/mol. The SMILES string of the molecule is COc1cccc(NC(=O)C(Sc2ccc(NC(=O)/C(=C/c3ccccc3[N+](=O)[O-])NC(=O)c3ccccc3)cc2)c2ccccc2)c1. The number of nitrogens with zero attached hydrogens (tertiary/aromatic N) is 1. The van der Waals surface area contributed by atoms with Crippen molar-refractivity contribution in [1.82, 2.24) is 5.32 Å². The van der Waals surface area contributed by atoms with Crippen LogP contribution in [-0.4, -0.2) is 29.8 Å². The van der Waals surface area contributed by atoms with Crippen LogP contribution in [0.3, 0.4) is 0 Å². The summed E-state index contributed by atoms with van der Waals surface area (Å²) in [4.78, 5) is 51.8. The monoisotopic (exact) mass is 658 g/mol. The van der Waals surface area contributed by atoms with Gasteiger partial charge in [-0.15, -0.1) is 11.8 Å². The number of hydrogen-bond donors (Lipinski definition) is 3. The fourth-order valence-corrected chi connectivity index (χ4v) is 5.66. The number of anilines is 2. The molecule has 5 aromatic carbocycles. The standard InChI is InChI=1S/C37H30N4O6S/c1-47-30-17-10-16-29(24-30)39-37(44)34(25-11-4-2-5-12-25)48-31-21-19-28(20-22-31)38-36(43)32(40-35(42)26-13-6-3-7-14-26)23-27-15-8-9-18-33(27)41(45)46/h2-24,34H,1H3,(H,38,43)(H,39,44)(H,40,42)/b32-23-. The number of nitro benzene ring substituents is 1.